The highest BCUT2D eigenvalue weighted by atomic mass is 32.1. The van der Waals surface area contributed by atoms with E-state index in [9.17, 15) is 4.79 Å². The van der Waals surface area contributed by atoms with Crippen molar-refractivity contribution < 1.29 is 9.53 Å². The standard InChI is InChI=1S/C18H18N2O2S2/c1-22-16-4-2-13(3-5-16)6-8-19-17(21)10-15-12-24-18(20-15)14-7-9-23-11-14/h2-5,7,9,11-12H,6,8,10H2,1H3,(H,19,21). The number of thiazole rings is 1. The van der Waals surface area contributed by atoms with Crippen LogP contribution >= 0.6 is 22.7 Å². The summed E-state index contributed by atoms with van der Waals surface area (Å²) in [5.74, 6) is 0.846. The minimum Gasteiger partial charge on any atom is -0.497 e. The molecule has 6 heteroatoms. The van der Waals surface area contributed by atoms with Crippen molar-refractivity contribution in [2.24, 2.45) is 0 Å². The van der Waals surface area contributed by atoms with Gasteiger partial charge in [0.15, 0.2) is 0 Å². The average molecular weight is 358 g/mol. The Hall–Kier alpha value is -2.18. The van der Waals surface area contributed by atoms with Crippen LogP contribution in [0, 0.1) is 0 Å². The zero-order valence-electron chi connectivity index (χ0n) is 13.3. The van der Waals surface area contributed by atoms with Gasteiger partial charge >= 0.3 is 0 Å². The first-order valence-corrected chi connectivity index (χ1v) is 9.43. The van der Waals surface area contributed by atoms with Crippen LogP contribution in [0.3, 0.4) is 0 Å². The van der Waals surface area contributed by atoms with E-state index < -0.39 is 0 Å². The first-order valence-electron chi connectivity index (χ1n) is 7.61. The molecule has 2 heterocycles. The lowest BCUT2D eigenvalue weighted by molar-refractivity contribution is -0.120. The molecule has 3 rings (SSSR count). The van der Waals surface area contributed by atoms with Crippen molar-refractivity contribution in [3.05, 3.63) is 57.7 Å². The predicted molar refractivity (Wildman–Crippen MR) is 98.8 cm³/mol. The molecule has 0 aliphatic rings. The Kier molecular flexibility index (Phi) is 5.61. The normalized spacial score (nSPS) is 10.5. The zero-order chi connectivity index (χ0) is 16.8. The van der Waals surface area contributed by atoms with Gasteiger partial charge < -0.3 is 10.1 Å². The van der Waals surface area contributed by atoms with E-state index in [4.69, 9.17) is 4.74 Å². The quantitative estimate of drug-likeness (QED) is 0.699. The summed E-state index contributed by atoms with van der Waals surface area (Å²) in [6.45, 7) is 0.618. The number of thiophene rings is 1. The number of nitrogens with zero attached hydrogens (tertiary/aromatic N) is 1. The van der Waals surface area contributed by atoms with Crippen LogP contribution in [0.1, 0.15) is 11.3 Å². The third-order valence-corrected chi connectivity index (χ3v) is 5.18. The number of carbonyl (C=O) groups is 1. The fraction of sp³-hybridized carbons (Fsp3) is 0.222. The number of benzene rings is 1. The van der Waals surface area contributed by atoms with E-state index >= 15 is 0 Å². The van der Waals surface area contributed by atoms with Gasteiger partial charge in [0, 0.05) is 22.9 Å². The van der Waals surface area contributed by atoms with E-state index in [0.29, 0.717) is 13.0 Å². The molecule has 1 amide bonds. The predicted octanol–water partition coefficient (Wildman–Crippen LogP) is 3.78. The molecule has 0 saturated carbocycles. The van der Waals surface area contributed by atoms with Gasteiger partial charge in [-0.15, -0.1) is 11.3 Å². The molecule has 0 bridgehead atoms. The van der Waals surface area contributed by atoms with Crippen molar-refractivity contribution >= 4 is 28.6 Å². The summed E-state index contributed by atoms with van der Waals surface area (Å²) < 4.78 is 5.13. The smallest absolute Gasteiger partial charge is 0.226 e. The highest BCUT2D eigenvalue weighted by Gasteiger charge is 2.09. The van der Waals surface area contributed by atoms with Crippen LogP contribution in [0.5, 0.6) is 5.75 Å². The molecule has 0 radical (unpaired) electrons. The number of carbonyl (C=O) groups excluding carboxylic acids is 1. The van der Waals surface area contributed by atoms with Crippen LogP contribution in [0.4, 0.5) is 0 Å². The minimum absolute atomic E-state index is 0.00526. The number of methoxy groups -OCH3 is 1. The van der Waals surface area contributed by atoms with E-state index in [1.807, 2.05) is 41.1 Å². The van der Waals surface area contributed by atoms with Gasteiger partial charge in [-0.1, -0.05) is 12.1 Å². The molecule has 3 aromatic rings. The maximum atomic E-state index is 12.0. The van der Waals surface area contributed by atoms with Crippen molar-refractivity contribution in [3.63, 3.8) is 0 Å². The van der Waals surface area contributed by atoms with Gasteiger partial charge in [-0.25, -0.2) is 4.98 Å². The van der Waals surface area contributed by atoms with Gasteiger partial charge in [0.2, 0.25) is 5.91 Å². The summed E-state index contributed by atoms with van der Waals surface area (Å²) >= 11 is 3.23. The highest BCUT2D eigenvalue weighted by molar-refractivity contribution is 7.14. The van der Waals surface area contributed by atoms with Gasteiger partial charge in [-0.05, 0) is 35.6 Å². The third kappa shape index (κ3) is 4.43. The summed E-state index contributed by atoms with van der Waals surface area (Å²) in [4.78, 5) is 16.6. The third-order valence-electron chi connectivity index (χ3n) is 3.56. The molecule has 24 heavy (non-hydrogen) atoms. The SMILES string of the molecule is COc1ccc(CCNC(=O)Cc2csc(-c3ccsc3)n2)cc1. The van der Waals surface area contributed by atoms with Crippen LogP contribution in [-0.4, -0.2) is 24.5 Å². The Balaban J connectivity index is 1.45. The van der Waals surface area contributed by atoms with E-state index in [1.54, 1.807) is 29.8 Å². The molecule has 0 saturated heterocycles. The van der Waals surface area contributed by atoms with Crippen LogP contribution < -0.4 is 10.1 Å². The van der Waals surface area contributed by atoms with Crippen LogP contribution in [0.2, 0.25) is 0 Å². The van der Waals surface area contributed by atoms with Crippen LogP contribution in [0.25, 0.3) is 10.6 Å². The molecule has 1 aromatic carbocycles. The Bertz CT molecular complexity index is 780. The average Bonchev–Trinajstić information content (AvgIpc) is 3.27. The van der Waals surface area contributed by atoms with Crippen molar-refractivity contribution in [2.75, 3.05) is 13.7 Å². The maximum absolute atomic E-state index is 12.0. The number of nitrogens with one attached hydrogen (secondary N) is 1. The molecule has 0 spiro atoms. The molecule has 0 atom stereocenters. The molecule has 2 aromatic heterocycles. The number of amides is 1. The van der Waals surface area contributed by atoms with Gasteiger partial charge in [0.05, 0.1) is 19.2 Å². The van der Waals surface area contributed by atoms with Gasteiger partial charge in [-0.3, -0.25) is 4.79 Å². The minimum atomic E-state index is 0.00526. The monoisotopic (exact) mass is 358 g/mol. The molecular formula is C18H18N2O2S2. The fourth-order valence-electron chi connectivity index (χ4n) is 2.27. The van der Waals surface area contributed by atoms with Crippen molar-refractivity contribution in [1.29, 1.82) is 0 Å². The van der Waals surface area contributed by atoms with Crippen LogP contribution in [0.15, 0.2) is 46.5 Å². The number of rotatable bonds is 7. The number of aromatic nitrogens is 1. The maximum Gasteiger partial charge on any atom is 0.226 e. The molecular weight excluding hydrogens is 340 g/mol. The second-order valence-corrected chi connectivity index (χ2v) is 6.92. The molecule has 4 nitrogen and oxygen atoms in total. The largest absolute Gasteiger partial charge is 0.497 e. The van der Waals surface area contributed by atoms with Crippen molar-refractivity contribution in [1.82, 2.24) is 10.3 Å². The van der Waals surface area contributed by atoms with E-state index in [1.165, 1.54) is 5.56 Å². The summed E-state index contributed by atoms with van der Waals surface area (Å²) in [6.07, 6.45) is 1.12. The molecule has 0 fully saturated rings. The van der Waals surface area contributed by atoms with Crippen LogP contribution in [-0.2, 0) is 17.6 Å². The van der Waals surface area contributed by atoms with E-state index in [2.05, 4.69) is 15.7 Å². The topological polar surface area (TPSA) is 51.2 Å². The van der Waals surface area contributed by atoms with Gasteiger partial charge in [0.25, 0.3) is 0 Å². The Morgan fingerprint density at radius 3 is 2.75 bits per heavy atom. The molecule has 0 unspecified atom stereocenters. The molecule has 0 aliphatic carbocycles. The lowest BCUT2D eigenvalue weighted by Crippen LogP contribution is -2.27. The van der Waals surface area contributed by atoms with E-state index in [-0.39, 0.29) is 5.91 Å². The Morgan fingerprint density at radius 1 is 1.21 bits per heavy atom. The first-order chi connectivity index (χ1) is 11.7. The van der Waals surface area contributed by atoms with Gasteiger partial charge in [0.1, 0.15) is 10.8 Å². The second-order valence-electron chi connectivity index (χ2n) is 5.28. The molecule has 0 aliphatic heterocycles. The van der Waals surface area contributed by atoms with Crippen molar-refractivity contribution in [3.8, 4) is 16.3 Å². The first kappa shape index (κ1) is 16.7. The fourth-order valence-corrected chi connectivity index (χ4v) is 3.80. The number of hydrogen-bond acceptors (Lipinski definition) is 5. The van der Waals surface area contributed by atoms with E-state index in [0.717, 1.165) is 28.4 Å². The Morgan fingerprint density at radius 2 is 2.04 bits per heavy atom. The molecule has 124 valence electrons. The number of hydrogen-bond donors (Lipinski definition) is 1. The number of ether oxygens (including phenoxy) is 1. The summed E-state index contributed by atoms with van der Waals surface area (Å²) in [5, 5.41) is 9.97. The molecule has 1 N–H and O–H groups in total. The lowest BCUT2D eigenvalue weighted by atomic mass is 10.1. The lowest BCUT2D eigenvalue weighted by Gasteiger charge is -2.05. The highest BCUT2D eigenvalue weighted by Crippen LogP contribution is 2.25. The Labute approximate surface area is 149 Å². The van der Waals surface area contributed by atoms with Gasteiger partial charge in [-0.2, -0.15) is 11.3 Å². The zero-order valence-corrected chi connectivity index (χ0v) is 15.0. The van der Waals surface area contributed by atoms with Crippen molar-refractivity contribution in [2.45, 2.75) is 12.8 Å². The summed E-state index contributed by atoms with van der Waals surface area (Å²) in [6, 6.07) is 9.93. The second kappa shape index (κ2) is 8.08. The summed E-state index contributed by atoms with van der Waals surface area (Å²) in [7, 11) is 1.65. The summed E-state index contributed by atoms with van der Waals surface area (Å²) in [5.41, 5.74) is 3.11.